The van der Waals surface area contributed by atoms with Gasteiger partial charge < -0.3 is 24.1 Å². The topological polar surface area (TPSA) is 219 Å². The van der Waals surface area contributed by atoms with Gasteiger partial charge in [-0.1, -0.05) is 36.4 Å². The second-order valence-corrected chi connectivity index (χ2v) is 10.3. The molecule has 0 radical (unpaired) electrons. The molecule has 0 spiro atoms. The quantitative estimate of drug-likeness (QED) is 0.123. The standard InChI is InChI=1S/C30H26N4O12/c1-14(35)43-13-23-28(44-15(2)36)30(45-16(3)37)27(38)29(46-23)25-19-8-4-6-17-7-5-9-20(24(17)19)26(25)32-31-21-11-10-18(33(39)40)12-22(21)34(41)42/h4-12,23,27-28,30-31,38H,13H2,1-3H3/b29-25+,32-26+/t23-,27+,28-,30-/m1/s1. The summed E-state index contributed by atoms with van der Waals surface area (Å²) in [6, 6.07) is 13.6. The van der Waals surface area contributed by atoms with Crippen LogP contribution in [0.1, 0.15) is 20.8 Å². The van der Waals surface area contributed by atoms with Gasteiger partial charge in [-0.3, -0.25) is 40.0 Å². The number of nitrogens with zero attached hydrogens (tertiary/aromatic N) is 3. The number of non-ortho nitro benzene ring substituents is 1. The molecule has 0 amide bonds. The molecule has 0 saturated carbocycles. The number of aliphatic hydroxyl groups excluding tert-OH is 1. The van der Waals surface area contributed by atoms with E-state index in [-0.39, 0.29) is 22.0 Å². The Morgan fingerprint density at radius 3 is 2.17 bits per heavy atom. The Hall–Kier alpha value is -5.90. The first-order valence-corrected chi connectivity index (χ1v) is 13.7. The summed E-state index contributed by atoms with van der Waals surface area (Å²) in [6.07, 6.45) is -5.89. The van der Waals surface area contributed by atoms with Crippen LogP contribution in [0.2, 0.25) is 0 Å². The molecule has 1 heterocycles. The Bertz CT molecular complexity index is 2010. The van der Waals surface area contributed by atoms with E-state index in [9.17, 15) is 39.7 Å². The summed E-state index contributed by atoms with van der Waals surface area (Å²) in [5.41, 5.74) is 1.34. The van der Waals surface area contributed by atoms with Gasteiger partial charge in [0.2, 0.25) is 0 Å². The lowest BCUT2D eigenvalue weighted by atomic mass is 9.96. The average Bonchev–Trinajstić information content (AvgIpc) is 3.31. The molecule has 1 aliphatic rings. The fraction of sp³-hybridized carbons (Fsp3) is 0.267. The van der Waals surface area contributed by atoms with Crippen LogP contribution in [0.5, 0.6) is 0 Å². The van der Waals surface area contributed by atoms with Crippen LogP contribution in [0.3, 0.4) is 0 Å². The van der Waals surface area contributed by atoms with Crippen molar-refractivity contribution in [3.8, 4) is 0 Å². The molecule has 4 atom stereocenters. The van der Waals surface area contributed by atoms with Crippen molar-refractivity contribution in [3.63, 3.8) is 0 Å². The van der Waals surface area contributed by atoms with Gasteiger partial charge in [-0.2, -0.15) is 5.10 Å². The monoisotopic (exact) mass is 634 g/mol. The molecule has 2 N–H and O–H groups in total. The summed E-state index contributed by atoms with van der Waals surface area (Å²) < 4.78 is 22.2. The van der Waals surface area contributed by atoms with E-state index in [0.717, 1.165) is 44.4 Å². The number of nitro benzene ring substituents is 2. The molecule has 16 nitrogen and oxygen atoms in total. The molecule has 46 heavy (non-hydrogen) atoms. The minimum Gasteiger partial charge on any atom is -0.483 e. The highest BCUT2D eigenvalue weighted by Gasteiger charge is 2.48. The van der Waals surface area contributed by atoms with Gasteiger partial charge in [-0.15, -0.1) is 0 Å². The molecule has 0 unspecified atom stereocenters. The van der Waals surface area contributed by atoms with Crippen LogP contribution in [-0.4, -0.2) is 63.9 Å². The van der Waals surface area contributed by atoms with Gasteiger partial charge in [0.05, 0.1) is 21.1 Å². The van der Waals surface area contributed by atoms with Crippen molar-refractivity contribution in [3.05, 3.63) is 85.4 Å². The first kappa shape index (κ1) is 31.5. The van der Waals surface area contributed by atoms with Crippen LogP contribution in [-0.2, 0) is 33.3 Å². The lowest BCUT2D eigenvalue weighted by Gasteiger charge is -2.40. The van der Waals surface area contributed by atoms with Crippen molar-refractivity contribution in [1.82, 2.24) is 0 Å². The Morgan fingerprint density at radius 2 is 1.57 bits per heavy atom. The second-order valence-electron chi connectivity index (χ2n) is 10.3. The van der Waals surface area contributed by atoms with Gasteiger partial charge >= 0.3 is 23.6 Å². The van der Waals surface area contributed by atoms with Crippen molar-refractivity contribution < 1.29 is 48.3 Å². The minimum absolute atomic E-state index is 0.146. The molecular formula is C30H26N4O12. The van der Waals surface area contributed by atoms with E-state index < -0.39 is 70.2 Å². The third-order valence-corrected chi connectivity index (χ3v) is 7.19. The maximum atomic E-state index is 12.2. The third-order valence-electron chi connectivity index (χ3n) is 7.19. The van der Waals surface area contributed by atoms with Gasteiger partial charge in [0, 0.05) is 32.2 Å². The van der Waals surface area contributed by atoms with Crippen molar-refractivity contribution in [1.29, 1.82) is 0 Å². The summed E-state index contributed by atoms with van der Waals surface area (Å²) >= 11 is 0. The first-order chi connectivity index (χ1) is 21.9. The third kappa shape index (κ3) is 6.05. The summed E-state index contributed by atoms with van der Waals surface area (Å²) in [5, 5.41) is 42.0. The number of nitro groups is 2. The second kappa shape index (κ2) is 12.6. The number of carbonyl (C=O) groups is 3. The number of rotatable bonds is 8. The van der Waals surface area contributed by atoms with Crippen molar-refractivity contribution in [2.24, 2.45) is 5.10 Å². The van der Waals surface area contributed by atoms with E-state index >= 15 is 0 Å². The molecule has 16 heteroatoms. The zero-order valence-corrected chi connectivity index (χ0v) is 24.5. The Kier molecular flexibility index (Phi) is 8.64. The lowest BCUT2D eigenvalue weighted by Crippen LogP contribution is -2.57. The van der Waals surface area contributed by atoms with Gasteiger partial charge in [0.1, 0.15) is 23.4 Å². The van der Waals surface area contributed by atoms with Crippen LogP contribution in [0.4, 0.5) is 17.1 Å². The largest absolute Gasteiger partial charge is 0.483 e. The van der Waals surface area contributed by atoms with Gasteiger partial charge in [-0.25, -0.2) is 0 Å². The summed E-state index contributed by atoms with van der Waals surface area (Å²) in [7, 11) is 0. The maximum Gasteiger partial charge on any atom is 0.303 e. The SMILES string of the molecule is CC(=O)OC[C@H]1O/C(=c2/c(=N/Nc3ccc([N+](=O)[O-])cc3[N+](=O)[O-])c3cccc4cccc2c43)[C@H](O)[C@@H](OC(C)=O)[C@@H]1OC(C)=O. The Balaban J connectivity index is 1.80. The van der Waals surface area contributed by atoms with Crippen molar-refractivity contribution >= 4 is 62.3 Å². The predicted octanol–water partition coefficient (Wildman–Crippen LogP) is 2.19. The molecule has 238 valence electrons. The van der Waals surface area contributed by atoms with Crippen molar-refractivity contribution in [2.45, 2.75) is 45.2 Å². The van der Waals surface area contributed by atoms with Crippen LogP contribution >= 0.6 is 0 Å². The van der Waals surface area contributed by atoms with Crippen LogP contribution in [0.25, 0.3) is 27.3 Å². The van der Waals surface area contributed by atoms with Gasteiger partial charge in [0.25, 0.3) is 5.69 Å². The van der Waals surface area contributed by atoms with E-state index in [1.165, 1.54) is 0 Å². The van der Waals surface area contributed by atoms with Gasteiger partial charge in [-0.05, 0) is 22.2 Å². The zero-order valence-electron chi connectivity index (χ0n) is 24.5. The van der Waals surface area contributed by atoms with Crippen LogP contribution in [0.15, 0.2) is 59.7 Å². The van der Waals surface area contributed by atoms with E-state index in [4.69, 9.17) is 18.9 Å². The molecule has 1 saturated heterocycles. The number of anilines is 1. The highest BCUT2D eigenvalue weighted by atomic mass is 16.6. The Labute approximate surface area is 258 Å². The molecule has 1 aliphatic heterocycles. The molecule has 0 aromatic heterocycles. The maximum absolute atomic E-state index is 12.2. The fourth-order valence-electron chi connectivity index (χ4n) is 5.40. The lowest BCUT2D eigenvalue weighted by molar-refractivity contribution is -0.393. The van der Waals surface area contributed by atoms with E-state index in [2.05, 4.69) is 10.5 Å². The van der Waals surface area contributed by atoms with Crippen LogP contribution in [0, 0.1) is 20.2 Å². The average molecular weight is 635 g/mol. The van der Waals surface area contributed by atoms with Crippen molar-refractivity contribution in [2.75, 3.05) is 12.0 Å². The number of ether oxygens (including phenoxy) is 4. The fourth-order valence-corrected chi connectivity index (χ4v) is 5.40. The van der Waals surface area contributed by atoms with E-state index in [0.29, 0.717) is 16.2 Å². The molecule has 4 aromatic carbocycles. The molecule has 5 rings (SSSR count). The van der Waals surface area contributed by atoms with Crippen LogP contribution < -0.4 is 16.0 Å². The normalized spacial score (nSPS) is 21.0. The Morgan fingerprint density at radius 1 is 0.913 bits per heavy atom. The molecule has 0 aliphatic carbocycles. The molecule has 4 aromatic rings. The number of benzene rings is 3. The van der Waals surface area contributed by atoms with Gasteiger partial charge in [0.15, 0.2) is 24.4 Å². The number of carbonyl (C=O) groups excluding carboxylic acids is 3. The number of nitrogens with one attached hydrogen (secondary N) is 1. The van der Waals surface area contributed by atoms with E-state index in [1.54, 1.807) is 24.3 Å². The molecular weight excluding hydrogens is 608 g/mol. The molecule has 0 bridgehead atoms. The number of aliphatic hydroxyl groups is 1. The summed E-state index contributed by atoms with van der Waals surface area (Å²) in [4.78, 5) is 57.3. The van der Waals surface area contributed by atoms with E-state index in [1.807, 2.05) is 12.1 Å². The first-order valence-electron chi connectivity index (χ1n) is 13.7. The predicted molar refractivity (Wildman–Crippen MR) is 159 cm³/mol. The number of hydrogen-bond acceptors (Lipinski definition) is 14. The molecule has 1 fully saturated rings. The number of esters is 3. The minimum atomic E-state index is -1.74. The summed E-state index contributed by atoms with van der Waals surface area (Å²) in [6.45, 7) is 2.91. The smallest absolute Gasteiger partial charge is 0.303 e. The zero-order chi connectivity index (χ0) is 33.3. The number of hydrogen-bond donors (Lipinski definition) is 2. The highest BCUT2D eigenvalue weighted by molar-refractivity contribution is 6.12. The summed E-state index contributed by atoms with van der Waals surface area (Å²) in [5.74, 6) is -2.44. The highest BCUT2D eigenvalue weighted by Crippen LogP contribution is 2.32.